The highest BCUT2D eigenvalue weighted by Crippen LogP contribution is 2.27. The number of carbonyl (C=O) groups is 1. The molecule has 1 aliphatic carbocycles. The largest absolute Gasteiger partial charge is 0.489 e. The molecular formula is C17H21NO3. The van der Waals surface area contributed by atoms with Crippen LogP contribution in [0.25, 0.3) is 0 Å². The van der Waals surface area contributed by atoms with Crippen LogP contribution in [0.15, 0.2) is 36.4 Å². The highest BCUT2D eigenvalue weighted by molar-refractivity contribution is 5.94. The molecule has 0 spiro atoms. The van der Waals surface area contributed by atoms with Crippen molar-refractivity contribution in [3.05, 3.63) is 36.4 Å². The molecule has 1 atom stereocenters. The van der Waals surface area contributed by atoms with Gasteiger partial charge in [0.05, 0.1) is 11.8 Å². The number of nitrogens with one attached hydrogen (secondary N) is 1. The van der Waals surface area contributed by atoms with E-state index in [2.05, 4.69) is 17.5 Å². The zero-order valence-electron chi connectivity index (χ0n) is 12.1. The maximum Gasteiger partial charge on any atom is 0.228 e. The van der Waals surface area contributed by atoms with Gasteiger partial charge < -0.3 is 14.8 Å². The summed E-state index contributed by atoms with van der Waals surface area (Å²) in [5, 5.41) is 2.98. The predicted octanol–water partition coefficient (Wildman–Crippen LogP) is 3.15. The van der Waals surface area contributed by atoms with Crippen molar-refractivity contribution in [3.8, 4) is 5.75 Å². The Morgan fingerprint density at radius 3 is 2.86 bits per heavy atom. The maximum atomic E-state index is 12.2. The lowest BCUT2D eigenvalue weighted by atomic mass is 10.1. The molecule has 1 fully saturated rings. The Labute approximate surface area is 125 Å². The van der Waals surface area contributed by atoms with Gasteiger partial charge in [-0.3, -0.25) is 4.79 Å². The van der Waals surface area contributed by atoms with Crippen LogP contribution in [0.5, 0.6) is 5.75 Å². The van der Waals surface area contributed by atoms with Gasteiger partial charge in [0.1, 0.15) is 12.4 Å². The number of para-hydroxylation sites is 2. The lowest BCUT2D eigenvalue weighted by molar-refractivity contribution is -0.119. The van der Waals surface area contributed by atoms with Crippen LogP contribution in [0, 0.1) is 5.92 Å². The van der Waals surface area contributed by atoms with E-state index in [1.165, 1.54) is 0 Å². The molecular weight excluding hydrogens is 266 g/mol. The molecule has 1 unspecified atom stereocenters. The quantitative estimate of drug-likeness (QED) is 0.846. The second kappa shape index (κ2) is 6.76. The molecule has 3 rings (SSSR count). The summed E-state index contributed by atoms with van der Waals surface area (Å²) in [4.78, 5) is 12.2. The van der Waals surface area contributed by atoms with E-state index in [4.69, 9.17) is 9.47 Å². The van der Waals surface area contributed by atoms with Crippen LogP contribution in [0.4, 0.5) is 5.69 Å². The standard InChI is InChI=1S/C17H21NO3/c19-17(13-6-1-2-7-13)18-15-9-3-4-10-16(15)21-12-14-8-5-11-20-14/h1-4,9-10,13-14H,5-8,11-12H2,(H,18,19). The number of hydrogen-bond acceptors (Lipinski definition) is 3. The van der Waals surface area contributed by atoms with Crippen molar-refractivity contribution in [2.45, 2.75) is 31.8 Å². The first-order valence-electron chi connectivity index (χ1n) is 7.62. The van der Waals surface area contributed by atoms with Gasteiger partial charge in [-0.05, 0) is 37.8 Å². The van der Waals surface area contributed by atoms with Crippen LogP contribution in [0.2, 0.25) is 0 Å². The van der Waals surface area contributed by atoms with E-state index in [9.17, 15) is 4.79 Å². The molecule has 2 aliphatic rings. The van der Waals surface area contributed by atoms with Crippen molar-refractivity contribution >= 4 is 11.6 Å². The molecule has 1 heterocycles. The molecule has 4 nitrogen and oxygen atoms in total. The van der Waals surface area contributed by atoms with Crippen molar-refractivity contribution in [1.82, 2.24) is 0 Å². The van der Waals surface area contributed by atoms with E-state index in [1.54, 1.807) is 0 Å². The van der Waals surface area contributed by atoms with Gasteiger partial charge in [0.2, 0.25) is 5.91 Å². The van der Waals surface area contributed by atoms with Crippen LogP contribution >= 0.6 is 0 Å². The Morgan fingerprint density at radius 1 is 1.29 bits per heavy atom. The number of benzene rings is 1. The molecule has 1 aliphatic heterocycles. The van der Waals surface area contributed by atoms with Crippen molar-refractivity contribution in [1.29, 1.82) is 0 Å². The van der Waals surface area contributed by atoms with E-state index in [-0.39, 0.29) is 17.9 Å². The Bertz CT molecular complexity index is 513. The van der Waals surface area contributed by atoms with E-state index < -0.39 is 0 Å². The van der Waals surface area contributed by atoms with E-state index in [0.717, 1.165) is 38.0 Å². The molecule has 1 amide bonds. The van der Waals surface area contributed by atoms with Crippen LogP contribution in [-0.4, -0.2) is 25.2 Å². The molecule has 1 aromatic rings. The number of ether oxygens (including phenoxy) is 2. The zero-order chi connectivity index (χ0) is 14.5. The first kappa shape index (κ1) is 14.1. The molecule has 4 heteroatoms. The van der Waals surface area contributed by atoms with E-state index in [0.29, 0.717) is 12.4 Å². The Hall–Kier alpha value is -1.81. The van der Waals surface area contributed by atoms with Gasteiger partial charge in [0, 0.05) is 12.5 Å². The fourth-order valence-electron chi connectivity index (χ4n) is 2.72. The highest BCUT2D eigenvalue weighted by Gasteiger charge is 2.21. The number of allylic oxidation sites excluding steroid dienone is 2. The van der Waals surface area contributed by atoms with Gasteiger partial charge in [-0.1, -0.05) is 24.3 Å². The molecule has 0 aromatic heterocycles. The van der Waals surface area contributed by atoms with Crippen LogP contribution in [0.3, 0.4) is 0 Å². The first-order chi connectivity index (χ1) is 10.3. The third-order valence-electron chi connectivity index (χ3n) is 3.97. The van der Waals surface area contributed by atoms with Gasteiger partial charge in [0.15, 0.2) is 0 Å². The van der Waals surface area contributed by atoms with E-state index >= 15 is 0 Å². The molecule has 1 N–H and O–H groups in total. The second-order valence-electron chi connectivity index (χ2n) is 5.57. The topological polar surface area (TPSA) is 47.6 Å². The van der Waals surface area contributed by atoms with Gasteiger partial charge in [-0.2, -0.15) is 0 Å². The van der Waals surface area contributed by atoms with E-state index in [1.807, 2.05) is 24.3 Å². The SMILES string of the molecule is O=C(Nc1ccccc1OCC1CCCO1)C1CC=CC1. The summed E-state index contributed by atoms with van der Waals surface area (Å²) in [5.74, 6) is 0.830. The summed E-state index contributed by atoms with van der Waals surface area (Å²) in [6.07, 6.45) is 8.08. The molecule has 1 saturated heterocycles. The fraction of sp³-hybridized carbons (Fsp3) is 0.471. The van der Waals surface area contributed by atoms with Crippen molar-refractivity contribution in [2.24, 2.45) is 5.92 Å². The summed E-state index contributed by atoms with van der Waals surface area (Å²) < 4.78 is 11.4. The second-order valence-corrected chi connectivity index (χ2v) is 5.57. The third kappa shape index (κ3) is 3.64. The van der Waals surface area contributed by atoms with Crippen molar-refractivity contribution in [3.63, 3.8) is 0 Å². The number of anilines is 1. The number of carbonyl (C=O) groups excluding carboxylic acids is 1. The average molecular weight is 287 g/mol. The van der Waals surface area contributed by atoms with Crippen molar-refractivity contribution < 1.29 is 14.3 Å². The van der Waals surface area contributed by atoms with Crippen molar-refractivity contribution in [2.75, 3.05) is 18.5 Å². The summed E-state index contributed by atoms with van der Waals surface area (Å²) in [6.45, 7) is 1.36. The first-order valence-corrected chi connectivity index (χ1v) is 7.62. The fourth-order valence-corrected chi connectivity index (χ4v) is 2.72. The monoisotopic (exact) mass is 287 g/mol. The molecule has 21 heavy (non-hydrogen) atoms. The molecule has 0 bridgehead atoms. The summed E-state index contributed by atoms with van der Waals surface area (Å²) in [6, 6.07) is 7.58. The molecule has 112 valence electrons. The smallest absolute Gasteiger partial charge is 0.228 e. The molecule has 1 aromatic carbocycles. The number of rotatable bonds is 5. The Kier molecular flexibility index (Phi) is 4.55. The van der Waals surface area contributed by atoms with Crippen LogP contribution in [0.1, 0.15) is 25.7 Å². The van der Waals surface area contributed by atoms with Crippen LogP contribution < -0.4 is 10.1 Å². The van der Waals surface area contributed by atoms with Crippen LogP contribution in [-0.2, 0) is 9.53 Å². The predicted molar refractivity (Wildman–Crippen MR) is 81.4 cm³/mol. The maximum absolute atomic E-state index is 12.2. The lowest BCUT2D eigenvalue weighted by Gasteiger charge is -2.16. The lowest BCUT2D eigenvalue weighted by Crippen LogP contribution is -2.22. The minimum absolute atomic E-state index is 0.0521. The van der Waals surface area contributed by atoms with Gasteiger partial charge in [0.25, 0.3) is 0 Å². The third-order valence-corrected chi connectivity index (χ3v) is 3.97. The van der Waals surface area contributed by atoms with Gasteiger partial charge in [-0.25, -0.2) is 0 Å². The molecule has 0 saturated carbocycles. The number of hydrogen-bond donors (Lipinski definition) is 1. The summed E-state index contributed by atoms with van der Waals surface area (Å²) in [7, 11) is 0. The highest BCUT2D eigenvalue weighted by atomic mass is 16.5. The average Bonchev–Trinajstić information content (AvgIpc) is 3.20. The zero-order valence-corrected chi connectivity index (χ0v) is 12.1. The van der Waals surface area contributed by atoms with Gasteiger partial charge >= 0.3 is 0 Å². The minimum atomic E-state index is 0.0521. The Morgan fingerprint density at radius 2 is 2.10 bits per heavy atom. The minimum Gasteiger partial charge on any atom is -0.489 e. The molecule has 0 radical (unpaired) electrons. The normalized spacial score (nSPS) is 21.6. The summed E-state index contributed by atoms with van der Waals surface area (Å²) >= 11 is 0. The summed E-state index contributed by atoms with van der Waals surface area (Å²) in [5.41, 5.74) is 0.743. The van der Waals surface area contributed by atoms with Gasteiger partial charge in [-0.15, -0.1) is 0 Å². The number of amides is 1. The Balaban J connectivity index is 1.60.